The third kappa shape index (κ3) is 4.12. The van der Waals surface area contributed by atoms with E-state index >= 15 is 0 Å². The fraction of sp³-hybridized carbons (Fsp3) is 1.00. The van der Waals surface area contributed by atoms with Crippen LogP contribution in [0.2, 0.25) is 0 Å². The first-order chi connectivity index (χ1) is 6.94. The average Bonchev–Trinajstić information content (AvgIpc) is 2.15. The van der Waals surface area contributed by atoms with Crippen molar-refractivity contribution >= 4 is 0 Å². The summed E-state index contributed by atoms with van der Waals surface area (Å²) in [5, 5.41) is 12.6. The maximum absolute atomic E-state index is 8.97. The van der Waals surface area contributed by atoms with Crippen LogP contribution in [0.4, 0.5) is 0 Å². The number of hydrogen-bond donors (Lipinski definition) is 2. The van der Waals surface area contributed by atoms with Gasteiger partial charge in [-0.05, 0) is 36.5 Å². The SMILES string of the molecule is CC(CO)CNC1CCC(C)(C)CC1C. The number of hydrogen-bond acceptors (Lipinski definition) is 2. The molecule has 0 aromatic carbocycles. The fourth-order valence-corrected chi connectivity index (χ4v) is 2.67. The van der Waals surface area contributed by atoms with E-state index in [2.05, 4.69) is 33.0 Å². The van der Waals surface area contributed by atoms with Crippen LogP contribution in [0.1, 0.15) is 47.0 Å². The molecule has 1 aliphatic carbocycles. The molecule has 90 valence electrons. The molecule has 2 heteroatoms. The second-order valence-corrected chi connectivity index (χ2v) is 6.19. The summed E-state index contributed by atoms with van der Waals surface area (Å²) in [6, 6.07) is 0.659. The first kappa shape index (κ1) is 13.0. The molecule has 3 unspecified atom stereocenters. The normalized spacial score (nSPS) is 32.6. The van der Waals surface area contributed by atoms with Gasteiger partial charge < -0.3 is 10.4 Å². The highest BCUT2D eigenvalue weighted by Gasteiger charge is 2.31. The molecule has 0 heterocycles. The molecule has 15 heavy (non-hydrogen) atoms. The van der Waals surface area contributed by atoms with Crippen LogP contribution in [0.25, 0.3) is 0 Å². The molecule has 1 aliphatic rings. The molecule has 2 N–H and O–H groups in total. The van der Waals surface area contributed by atoms with Crippen molar-refractivity contribution in [3.05, 3.63) is 0 Å². The minimum Gasteiger partial charge on any atom is -0.396 e. The molecule has 0 aromatic heterocycles. The number of nitrogens with one attached hydrogen (secondary N) is 1. The van der Waals surface area contributed by atoms with Gasteiger partial charge in [0.1, 0.15) is 0 Å². The van der Waals surface area contributed by atoms with Gasteiger partial charge in [0, 0.05) is 19.2 Å². The average molecular weight is 213 g/mol. The molecule has 3 atom stereocenters. The van der Waals surface area contributed by atoms with Crippen molar-refractivity contribution in [3.63, 3.8) is 0 Å². The molecular weight excluding hydrogens is 186 g/mol. The Labute approximate surface area is 94.5 Å². The van der Waals surface area contributed by atoms with E-state index in [1.54, 1.807) is 0 Å². The van der Waals surface area contributed by atoms with Crippen LogP contribution in [-0.4, -0.2) is 24.3 Å². The molecule has 0 aromatic rings. The Morgan fingerprint density at radius 1 is 1.47 bits per heavy atom. The van der Waals surface area contributed by atoms with E-state index in [9.17, 15) is 0 Å². The lowest BCUT2D eigenvalue weighted by molar-refractivity contribution is 0.141. The van der Waals surface area contributed by atoms with Gasteiger partial charge in [0.2, 0.25) is 0 Å². The van der Waals surface area contributed by atoms with E-state index in [0.717, 1.165) is 12.5 Å². The minimum absolute atomic E-state index is 0.291. The van der Waals surface area contributed by atoms with Crippen molar-refractivity contribution in [1.29, 1.82) is 0 Å². The topological polar surface area (TPSA) is 32.3 Å². The van der Waals surface area contributed by atoms with Gasteiger partial charge in [0.15, 0.2) is 0 Å². The van der Waals surface area contributed by atoms with Crippen molar-refractivity contribution in [1.82, 2.24) is 5.32 Å². The summed E-state index contributed by atoms with van der Waals surface area (Å²) in [4.78, 5) is 0. The second kappa shape index (κ2) is 5.31. The Balaban J connectivity index is 2.32. The minimum atomic E-state index is 0.291. The maximum atomic E-state index is 8.97. The van der Waals surface area contributed by atoms with E-state index < -0.39 is 0 Å². The summed E-state index contributed by atoms with van der Waals surface area (Å²) in [6.07, 6.45) is 3.92. The zero-order valence-corrected chi connectivity index (χ0v) is 10.7. The van der Waals surface area contributed by atoms with E-state index in [-0.39, 0.29) is 0 Å². The Hall–Kier alpha value is -0.0800. The van der Waals surface area contributed by atoms with Crippen LogP contribution in [0, 0.1) is 17.3 Å². The van der Waals surface area contributed by atoms with E-state index in [1.807, 2.05) is 0 Å². The van der Waals surface area contributed by atoms with Crippen molar-refractivity contribution in [3.8, 4) is 0 Å². The fourth-order valence-electron chi connectivity index (χ4n) is 2.67. The summed E-state index contributed by atoms with van der Waals surface area (Å²) in [7, 11) is 0. The summed E-state index contributed by atoms with van der Waals surface area (Å²) in [5.74, 6) is 1.15. The number of rotatable bonds is 4. The highest BCUT2D eigenvalue weighted by molar-refractivity contribution is 4.86. The van der Waals surface area contributed by atoms with Gasteiger partial charge in [0.25, 0.3) is 0 Å². The smallest absolute Gasteiger partial charge is 0.0468 e. The van der Waals surface area contributed by atoms with Crippen LogP contribution in [0.3, 0.4) is 0 Å². The second-order valence-electron chi connectivity index (χ2n) is 6.19. The molecule has 0 amide bonds. The monoisotopic (exact) mass is 213 g/mol. The molecule has 0 radical (unpaired) electrons. The van der Waals surface area contributed by atoms with Crippen LogP contribution < -0.4 is 5.32 Å². The summed E-state index contributed by atoms with van der Waals surface area (Å²) in [5.41, 5.74) is 0.528. The Morgan fingerprint density at radius 2 is 2.13 bits per heavy atom. The van der Waals surface area contributed by atoms with Crippen molar-refractivity contribution in [2.24, 2.45) is 17.3 Å². The highest BCUT2D eigenvalue weighted by atomic mass is 16.3. The van der Waals surface area contributed by atoms with Gasteiger partial charge >= 0.3 is 0 Å². The molecule has 1 rings (SSSR count). The first-order valence-corrected chi connectivity index (χ1v) is 6.29. The quantitative estimate of drug-likeness (QED) is 0.751. The zero-order chi connectivity index (χ0) is 11.5. The summed E-state index contributed by atoms with van der Waals surface area (Å²) in [6.45, 7) is 10.4. The third-order valence-corrected chi connectivity index (χ3v) is 3.73. The van der Waals surface area contributed by atoms with Gasteiger partial charge in [-0.25, -0.2) is 0 Å². The van der Waals surface area contributed by atoms with E-state index in [1.165, 1.54) is 19.3 Å². The largest absolute Gasteiger partial charge is 0.396 e. The predicted octanol–water partition coefficient (Wildman–Crippen LogP) is 2.42. The van der Waals surface area contributed by atoms with Gasteiger partial charge in [-0.15, -0.1) is 0 Å². The molecule has 0 bridgehead atoms. The zero-order valence-electron chi connectivity index (χ0n) is 10.7. The lowest BCUT2D eigenvalue weighted by atomic mass is 9.70. The van der Waals surface area contributed by atoms with Gasteiger partial charge in [-0.3, -0.25) is 0 Å². The molecule has 0 saturated heterocycles. The standard InChI is InChI=1S/C13H27NO/c1-10(9-15)8-14-12-5-6-13(3,4)7-11(12)2/h10-12,14-15H,5-9H2,1-4H3. The molecule has 2 nitrogen and oxygen atoms in total. The maximum Gasteiger partial charge on any atom is 0.0468 e. The Morgan fingerprint density at radius 3 is 2.67 bits per heavy atom. The van der Waals surface area contributed by atoms with Crippen LogP contribution in [-0.2, 0) is 0 Å². The van der Waals surface area contributed by atoms with E-state index in [4.69, 9.17) is 5.11 Å². The van der Waals surface area contributed by atoms with E-state index in [0.29, 0.717) is 24.0 Å². The third-order valence-electron chi connectivity index (χ3n) is 3.73. The molecule has 0 aliphatic heterocycles. The summed E-state index contributed by atoms with van der Waals surface area (Å²) >= 11 is 0. The lowest BCUT2D eigenvalue weighted by Gasteiger charge is -2.40. The Kier molecular flexibility index (Phi) is 4.60. The molecule has 0 spiro atoms. The lowest BCUT2D eigenvalue weighted by Crippen LogP contribution is -2.43. The number of aliphatic hydroxyl groups is 1. The van der Waals surface area contributed by atoms with Crippen LogP contribution in [0.5, 0.6) is 0 Å². The first-order valence-electron chi connectivity index (χ1n) is 6.29. The van der Waals surface area contributed by atoms with Crippen LogP contribution >= 0.6 is 0 Å². The Bertz CT molecular complexity index is 191. The van der Waals surface area contributed by atoms with Crippen molar-refractivity contribution < 1.29 is 5.11 Å². The number of aliphatic hydroxyl groups excluding tert-OH is 1. The predicted molar refractivity (Wildman–Crippen MR) is 64.8 cm³/mol. The van der Waals surface area contributed by atoms with Crippen molar-refractivity contribution in [2.75, 3.05) is 13.2 Å². The molecule has 1 fully saturated rings. The highest BCUT2D eigenvalue weighted by Crippen LogP contribution is 2.38. The van der Waals surface area contributed by atoms with Gasteiger partial charge in [-0.1, -0.05) is 27.7 Å². The van der Waals surface area contributed by atoms with Gasteiger partial charge in [0.05, 0.1) is 0 Å². The summed E-state index contributed by atoms with van der Waals surface area (Å²) < 4.78 is 0. The molecular formula is C13H27NO. The molecule has 1 saturated carbocycles. The van der Waals surface area contributed by atoms with Crippen molar-refractivity contribution in [2.45, 2.75) is 53.0 Å². The van der Waals surface area contributed by atoms with Crippen LogP contribution in [0.15, 0.2) is 0 Å². The van der Waals surface area contributed by atoms with Gasteiger partial charge in [-0.2, -0.15) is 0 Å².